The van der Waals surface area contributed by atoms with E-state index in [0.717, 1.165) is 6.54 Å². The van der Waals surface area contributed by atoms with E-state index in [1.165, 1.54) is 11.3 Å². The third-order valence-corrected chi connectivity index (χ3v) is 2.24. The molecule has 0 aliphatic rings. The number of likely N-dealkylation sites (N-methyl/N-ethyl adjacent to an activating group) is 1. The summed E-state index contributed by atoms with van der Waals surface area (Å²) in [5.41, 5.74) is 8.26. The van der Waals surface area contributed by atoms with Gasteiger partial charge in [0.1, 0.15) is 0 Å². The van der Waals surface area contributed by atoms with Crippen LogP contribution in [0, 0.1) is 0 Å². The van der Waals surface area contributed by atoms with Gasteiger partial charge in [-0.25, -0.2) is 0 Å². The largest absolute Gasteiger partial charge is 0.371 e. The lowest BCUT2D eigenvalue weighted by Gasteiger charge is -2.22. The van der Waals surface area contributed by atoms with Gasteiger partial charge in [0.2, 0.25) is 0 Å². The molecular formula is C12H18N2. The molecule has 0 aromatic heterocycles. The molecule has 2 nitrogen and oxygen atoms in total. The first kappa shape index (κ1) is 10.8. The quantitative estimate of drug-likeness (QED) is 0.738. The minimum absolute atomic E-state index is 0.0680. The molecule has 1 aromatic rings. The summed E-state index contributed by atoms with van der Waals surface area (Å²) >= 11 is 0. The number of benzene rings is 1. The Bertz CT molecular complexity index is 305. The van der Waals surface area contributed by atoms with Crippen LogP contribution in [0.2, 0.25) is 0 Å². The van der Waals surface area contributed by atoms with E-state index in [1.54, 1.807) is 0 Å². The molecule has 2 heteroatoms. The van der Waals surface area contributed by atoms with Crippen LogP contribution in [-0.4, -0.2) is 13.6 Å². The summed E-state index contributed by atoms with van der Waals surface area (Å²) in [5, 5.41) is 0. The number of nitrogens with zero attached hydrogens (tertiary/aromatic N) is 1. The molecule has 76 valence electrons. The van der Waals surface area contributed by atoms with Crippen LogP contribution in [0.5, 0.6) is 0 Å². The summed E-state index contributed by atoms with van der Waals surface area (Å²) in [6, 6.07) is 8.27. The minimum Gasteiger partial charge on any atom is -0.371 e. The molecule has 0 aliphatic carbocycles. The Morgan fingerprint density at radius 1 is 1.50 bits per heavy atom. The van der Waals surface area contributed by atoms with E-state index >= 15 is 0 Å². The van der Waals surface area contributed by atoms with Gasteiger partial charge in [0.05, 0.1) is 0 Å². The number of hydrogen-bond donors (Lipinski definition) is 1. The van der Waals surface area contributed by atoms with Crippen molar-refractivity contribution in [2.75, 3.05) is 18.5 Å². The lowest BCUT2D eigenvalue weighted by molar-refractivity contribution is 0.809. The topological polar surface area (TPSA) is 29.3 Å². The molecule has 0 amide bonds. The molecule has 0 spiro atoms. The van der Waals surface area contributed by atoms with Crippen LogP contribution in [0.25, 0.3) is 0 Å². The predicted octanol–water partition coefficient (Wildman–Crippen LogP) is 2.33. The predicted molar refractivity (Wildman–Crippen MR) is 62.5 cm³/mol. The summed E-state index contributed by atoms with van der Waals surface area (Å²) < 4.78 is 0. The fourth-order valence-corrected chi connectivity index (χ4v) is 1.51. The van der Waals surface area contributed by atoms with Gasteiger partial charge in [-0.1, -0.05) is 24.3 Å². The van der Waals surface area contributed by atoms with Crippen LogP contribution >= 0.6 is 0 Å². The van der Waals surface area contributed by atoms with Gasteiger partial charge in [0.25, 0.3) is 0 Å². The van der Waals surface area contributed by atoms with Crippen molar-refractivity contribution in [1.29, 1.82) is 0 Å². The van der Waals surface area contributed by atoms with Crippen molar-refractivity contribution in [3.05, 3.63) is 42.5 Å². The third kappa shape index (κ3) is 2.36. The molecule has 1 aromatic carbocycles. The van der Waals surface area contributed by atoms with E-state index in [1.807, 2.05) is 32.2 Å². The highest BCUT2D eigenvalue weighted by Crippen LogP contribution is 2.23. The molecule has 0 fully saturated rings. The smallest absolute Gasteiger partial charge is 0.0414 e. The van der Waals surface area contributed by atoms with Gasteiger partial charge in [-0.05, 0) is 18.6 Å². The van der Waals surface area contributed by atoms with Crippen LogP contribution in [0.4, 0.5) is 5.69 Å². The standard InChI is InChI=1S/C12H18N2/c1-4-9-14(3)12-8-6-5-7-11(12)10(2)13/h4-8,10H,1,9,13H2,2-3H3. The molecule has 14 heavy (non-hydrogen) atoms. The van der Waals surface area contributed by atoms with Gasteiger partial charge in [-0.15, -0.1) is 6.58 Å². The zero-order chi connectivity index (χ0) is 10.6. The summed E-state index contributed by atoms with van der Waals surface area (Å²) in [7, 11) is 2.04. The first-order valence-electron chi connectivity index (χ1n) is 4.83. The van der Waals surface area contributed by atoms with Crippen LogP contribution in [-0.2, 0) is 0 Å². The summed E-state index contributed by atoms with van der Waals surface area (Å²) in [6.45, 7) is 6.57. The van der Waals surface area contributed by atoms with E-state index in [4.69, 9.17) is 5.73 Å². The van der Waals surface area contributed by atoms with Crippen molar-refractivity contribution >= 4 is 5.69 Å². The van der Waals surface area contributed by atoms with Gasteiger partial charge in [0, 0.05) is 25.3 Å². The molecule has 0 radical (unpaired) electrons. The number of rotatable bonds is 4. The Morgan fingerprint density at radius 2 is 2.14 bits per heavy atom. The van der Waals surface area contributed by atoms with Crippen molar-refractivity contribution in [2.45, 2.75) is 13.0 Å². The van der Waals surface area contributed by atoms with Crippen LogP contribution in [0.3, 0.4) is 0 Å². The Hall–Kier alpha value is -1.28. The molecule has 2 N–H and O–H groups in total. The second-order valence-corrected chi connectivity index (χ2v) is 3.52. The van der Waals surface area contributed by atoms with Gasteiger partial charge in [0.15, 0.2) is 0 Å². The first-order valence-corrected chi connectivity index (χ1v) is 4.83. The average Bonchev–Trinajstić information content (AvgIpc) is 2.18. The Morgan fingerprint density at radius 3 is 2.71 bits per heavy atom. The minimum atomic E-state index is 0.0680. The van der Waals surface area contributed by atoms with Crippen LogP contribution < -0.4 is 10.6 Å². The first-order chi connectivity index (χ1) is 6.66. The molecule has 0 saturated carbocycles. The third-order valence-electron chi connectivity index (χ3n) is 2.24. The van der Waals surface area contributed by atoms with E-state index < -0.39 is 0 Å². The van der Waals surface area contributed by atoms with Gasteiger partial charge >= 0.3 is 0 Å². The number of anilines is 1. The molecule has 1 unspecified atom stereocenters. The lowest BCUT2D eigenvalue weighted by atomic mass is 10.1. The zero-order valence-corrected chi connectivity index (χ0v) is 8.90. The molecule has 0 saturated heterocycles. The molecule has 0 heterocycles. The van der Waals surface area contributed by atoms with Crippen molar-refractivity contribution in [3.63, 3.8) is 0 Å². The highest BCUT2D eigenvalue weighted by Gasteiger charge is 2.08. The summed E-state index contributed by atoms with van der Waals surface area (Å²) in [5.74, 6) is 0. The van der Waals surface area contributed by atoms with E-state index in [-0.39, 0.29) is 6.04 Å². The fraction of sp³-hybridized carbons (Fsp3) is 0.333. The number of para-hydroxylation sites is 1. The highest BCUT2D eigenvalue weighted by atomic mass is 15.1. The normalized spacial score (nSPS) is 12.2. The Labute approximate surface area is 86.0 Å². The van der Waals surface area contributed by atoms with Gasteiger partial charge < -0.3 is 10.6 Å². The molecular weight excluding hydrogens is 172 g/mol. The molecule has 1 atom stereocenters. The van der Waals surface area contributed by atoms with Gasteiger partial charge in [-0.3, -0.25) is 0 Å². The second kappa shape index (κ2) is 4.82. The average molecular weight is 190 g/mol. The lowest BCUT2D eigenvalue weighted by Crippen LogP contribution is -2.20. The maximum Gasteiger partial charge on any atom is 0.0414 e. The second-order valence-electron chi connectivity index (χ2n) is 3.52. The summed E-state index contributed by atoms with van der Waals surface area (Å²) in [4.78, 5) is 2.14. The van der Waals surface area contributed by atoms with Crippen molar-refractivity contribution in [1.82, 2.24) is 0 Å². The van der Waals surface area contributed by atoms with Crippen molar-refractivity contribution < 1.29 is 0 Å². The fourth-order valence-electron chi connectivity index (χ4n) is 1.51. The zero-order valence-electron chi connectivity index (χ0n) is 8.90. The Balaban J connectivity index is 2.99. The van der Waals surface area contributed by atoms with Crippen molar-refractivity contribution in [3.8, 4) is 0 Å². The van der Waals surface area contributed by atoms with E-state index in [0.29, 0.717) is 0 Å². The Kier molecular flexibility index (Phi) is 3.72. The molecule has 0 bridgehead atoms. The van der Waals surface area contributed by atoms with E-state index in [2.05, 4.69) is 23.6 Å². The van der Waals surface area contributed by atoms with Gasteiger partial charge in [-0.2, -0.15) is 0 Å². The highest BCUT2D eigenvalue weighted by molar-refractivity contribution is 5.54. The van der Waals surface area contributed by atoms with Crippen LogP contribution in [0.1, 0.15) is 18.5 Å². The maximum absolute atomic E-state index is 5.90. The molecule has 1 rings (SSSR count). The van der Waals surface area contributed by atoms with E-state index in [9.17, 15) is 0 Å². The van der Waals surface area contributed by atoms with Crippen LogP contribution in [0.15, 0.2) is 36.9 Å². The maximum atomic E-state index is 5.90. The van der Waals surface area contributed by atoms with Crippen molar-refractivity contribution in [2.24, 2.45) is 5.73 Å². The monoisotopic (exact) mass is 190 g/mol. The summed E-state index contributed by atoms with van der Waals surface area (Å²) in [6.07, 6.45) is 1.89. The SMILES string of the molecule is C=CCN(C)c1ccccc1C(C)N. The number of hydrogen-bond acceptors (Lipinski definition) is 2. The molecule has 0 aliphatic heterocycles. The number of nitrogens with two attached hydrogens (primary N) is 1.